The lowest BCUT2D eigenvalue weighted by Crippen LogP contribution is -2.08. The molecule has 0 saturated heterocycles. The third-order valence-electron chi connectivity index (χ3n) is 5.37. The number of benzene rings is 2. The summed E-state index contributed by atoms with van der Waals surface area (Å²) in [5.74, 6) is 1.27. The van der Waals surface area contributed by atoms with E-state index in [1.54, 1.807) is 0 Å². The van der Waals surface area contributed by atoms with Crippen molar-refractivity contribution in [2.75, 3.05) is 19.0 Å². The summed E-state index contributed by atoms with van der Waals surface area (Å²) in [5, 5.41) is 0. The summed E-state index contributed by atoms with van der Waals surface area (Å²) in [4.78, 5) is 0. The maximum Gasteiger partial charge on any atom is 0.264 e. The molecule has 0 bridgehead atoms. The van der Waals surface area contributed by atoms with Gasteiger partial charge in [0.2, 0.25) is 0 Å². The zero-order chi connectivity index (χ0) is 23.1. The smallest absolute Gasteiger partial charge is 0.264 e. The molecule has 6 heteroatoms. The first-order valence-corrected chi connectivity index (χ1v) is 13.5. The van der Waals surface area contributed by atoms with Crippen molar-refractivity contribution < 1.29 is 22.4 Å². The van der Waals surface area contributed by atoms with Crippen LogP contribution in [0.3, 0.4) is 0 Å². The molecule has 2 aromatic rings. The number of hydrogen-bond donors (Lipinski definition) is 1. The standard InChI is InChI=1S/C26H38O5S/c1-2-3-4-5-6-7-8-9-10-20-30-25-16-12-23(13-17-25)24-14-18-26(19-15-24)31-21-11-22-32(27,28)29/h12-19H,2-11,20-22H2,1H3,(H,27,28,29). The van der Waals surface area contributed by atoms with E-state index in [0.29, 0.717) is 5.75 Å². The average Bonchev–Trinajstić information content (AvgIpc) is 2.78. The van der Waals surface area contributed by atoms with Crippen LogP contribution < -0.4 is 9.47 Å². The average molecular weight is 463 g/mol. The van der Waals surface area contributed by atoms with Gasteiger partial charge in [-0.05, 0) is 48.2 Å². The quantitative estimate of drug-likeness (QED) is 0.204. The van der Waals surface area contributed by atoms with Crippen molar-refractivity contribution in [1.82, 2.24) is 0 Å². The second-order valence-electron chi connectivity index (χ2n) is 8.21. The lowest BCUT2D eigenvalue weighted by molar-refractivity contribution is 0.304. The van der Waals surface area contributed by atoms with Crippen molar-refractivity contribution in [3.05, 3.63) is 48.5 Å². The van der Waals surface area contributed by atoms with Crippen LogP contribution in [-0.4, -0.2) is 31.9 Å². The molecule has 0 aliphatic heterocycles. The van der Waals surface area contributed by atoms with Gasteiger partial charge in [0.05, 0.1) is 19.0 Å². The predicted octanol–water partition coefficient (Wildman–Crippen LogP) is 6.92. The molecule has 0 heterocycles. The molecule has 32 heavy (non-hydrogen) atoms. The van der Waals surface area contributed by atoms with Crippen molar-refractivity contribution in [3.63, 3.8) is 0 Å². The highest BCUT2D eigenvalue weighted by Crippen LogP contribution is 2.25. The Morgan fingerprint density at radius 1 is 0.625 bits per heavy atom. The monoisotopic (exact) mass is 462 g/mol. The summed E-state index contributed by atoms with van der Waals surface area (Å²) in [7, 11) is -3.93. The van der Waals surface area contributed by atoms with Crippen molar-refractivity contribution in [3.8, 4) is 22.6 Å². The summed E-state index contributed by atoms with van der Waals surface area (Å²) < 4.78 is 41.5. The molecule has 0 spiro atoms. The molecule has 1 N–H and O–H groups in total. The second kappa shape index (κ2) is 14.9. The van der Waals surface area contributed by atoms with Gasteiger partial charge >= 0.3 is 0 Å². The Labute approximate surface area is 193 Å². The zero-order valence-electron chi connectivity index (χ0n) is 19.3. The highest BCUT2D eigenvalue weighted by molar-refractivity contribution is 7.85. The van der Waals surface area contributed by atoms with Gasteiger partial charge in [0, 0.05) is 0 Å². The first kappa shape index (κ1) is 26.2. The van der Waals surface area contributed by atoms with Gasteiger partial charge in [-0.3, -0.25) is 4.55 Å². The van der Waals surface area contributed by atoms with Gasteiger partial charge in [-0.25, -0.2) is 0 Å². The van der Waals surface area contributed by atoms with Crippen molar-refractivity contribution in [2.45, 2.75) is 71.1 Å². The van der Waals surface area contributed by atoms with Gasteiger partial charge in [0.25, 0.3) is 10.1 Å². The highest BCUT2D eigenvalue weighted by atomic mass is 32.2. The molecule has 5 nitrogen and oxygen atoms in total. The Balaban J connectivity index is 1.63. The van der Waals surface area contributed by atoms with Crippen LogP contribution in [0.25, 0.3) is 11.1 Å². The van der Waals surface area contributed by atoms with E-state index >= 15 is 0 Å². The molecule has 0 aliphatic rings. The van der Waals surface area contributed by atoms with E-state index in [-0.39, 0.29) is 18.8 Å². The fourth-order valence-electron chi connectivity index (χ4n) is 3.52. The lowest BCUT2D eigenvalue weighted by atomic mass is 10.1. The molecule has 0 unspecified atom stereocenters. The predicted molar refractivity (Wildman–Crippen MR) is 131 cm³/mol. The Kier molecular flexibility index (Phi) is 12.2. The SMILES string of the molecule is CCCCCCCCCCCOc1ccc(-c2ccc(OCCCS(=O)(=O)O)cc2)cc1. The summed E-state index contributed by atoms with van der Waals surface area (Å²) in [5.41, 5.74) is 2.17. The molecular formula is C26H38O5S. The third-order valence-corrected chi connectivity index (χ3v) is 6.18. The molecule has 178 valence electrons. The molecule has 0 amide bonds. The zero-order valence-corrected chi connectivity index (χ0v) is 20.1. The molecule has 0 saturated carbocycles. The lowest BCUT2D eigenvalue weighted by Gasteiger charge is -2.09. The van der Waals surface area contributed by atoms with Crippen molar-refractivity contribution in [1.29, 1.82) is 0 Å². The number of unbranched alkanes of at least 4 members (excludes halogenated alkanes) is 8. The maximum atomic E-state index is 10.7. The minimum Gasteiger partial charge on any atom is -0.494 e. The van der Waals surface area contributed by atoms with Crippen molar-refractivity contribution in [2.24, 2.45) is 0 Å². The Morgan fingerprint density at radius 3 is 1.47 bits per heavy atom. The van der Waals surface area contributed by atoms with Crippen LogP contribution in [0, 0.1) is 0 Å². The Hall–Kier alpha value is -2.05. The fourth-order valence-corrected chi connectivity index (χ4v) is 4.00. The van der Waals surface area contributed by atoms with E-state index in [4.69, 9.17) is 14.0 Å². The minimum absolute atomic E-state index is 0.240. The van der Waals surface area contributed by atoms with Crippen LogP contribution in [-0.2, 0) is 10.1 Å². The second-order valence-corrected chi connectivity index (χ2v) is 9.79. The van der Waals surface area contributed by atoms with Crippen LogP contribution in [0.2, 0.25) is 0 Å². The van der Waals surface area contributed by atoms with Crippen LogP contribution in [0.15, 0.2) is 48.5 Å². The highest BCUT2D eigenvalue weighted by Gasteiger charge is 2.04. The van der Waals surface area contributed by atoms with E-state index in [1.165, 1.54) is 51.4 Å². The number of rotatable bonds is 17. The molecule has 0 aromatic heterocycles. The largest absolute Gasteiger partial charge is 0.494 e. The van der Waals surface area contributed by atoms with Crippen LogP contribution >= 0.6 is 0 Å². The number of ether oxygens (including phenoxy) is 2. The summed E-state index contributed by atoms with van der Waals surface area (Å²) >= 11 is 0. The Morgan fingerprint density at radius 2 is 1.03 bits per heavy atom. The van der Waals surface area contributed by atoms with Crippen molar-refractivity contribution >= 4 is 10.1 Å². The number of hydrogen-bond acceptors (Lipinski definition) is 4. The van der Waals surface area contributed by atoms with Gasteiger partial charge in [-0.1, -0.05) is 82.6 Å². The molecule has 0 radical (unpaired) electrons. The molecule has 2 rings (SSSR count). The topological polar surface area (TPSA) is 72.8 Å². The summed E-state index contributed by atoms with van der Waals surface area (Å²) in [6, 6.07) is 15.8. The normalized spacial score (nSPS) is 11.4. The van der Waals surface area contributed by atoms with Crippen LogP contribution in [0.5, 0.6) is 11.5 Å². The van der Waals surface area contributed by atoms with Gasteiger partial charge in [0.1, 0.15) is 11.5 Å². The minimum atomic E-state index is -3.93. The molecule has 2 aromatic carbocycles. The molecule has 0 atom stereocenters. The fraction of sp³-hybridized carbons (Fsp3) is 0.538. The summed E-state index contributed by atoms with van der Waals surface area (Å²) in [6.45, 7) is 3.26. The van der Waals surface area contributed by atoms with E-state index in [9.17, 15) is 8.42 Å². The van der Waals surface area contributed by atoms with Crippen LogP contribution in [0.4, 0.5) is 0 Å². The van der Waals surface area contributed by atoms with Crippen LogP contribution in [0.1, 0.15) is 71.1 Å². The summed E-state index contributed by atoms with van der Waals surface area (Å²) in [6.07, 6.45) is 12.0. The van der Waals surface area contributed by atoms with Gasteiger partial charge in [-0.2, -0.15) is 8.42 Å². The molecule has 0 fully saturated rings. The maximum absolute atomic E-state index is 10.7. The van der Waals surface area contributed by atoms with E-state index in [1.807, 2.05) is 48.5 Å². The molecular weight excluding hydrogens is 424 g/mol. The first-order chi connectivity index (χ1) is 15.5. The van der Waals surface area contributed by atoms with E-state index in [2.05, 4.69) is 6.92 Å². The van der Waals surface area contributed by atoms with Gasteiger partial charge < -0.3 is 9.47 Å². The van der Waals surface area contributed by atoms with Gasteiger partial charge in [-0.15, -0.1) is 0 Å². The molecule has 0 aliphatic carbocycles. The first-order valence-electron chi connectivity index (χ1n) is 11.9. The third kappa shape index (κ3) is 11.5. The van der Waals surface area contributed by atoms with E-state index < -0.39 is 10.1 Å². The Bertz CT molecular complexity index is 845. The van der Waals surface area contributed by atoms with E-state index in [0.717, 1.165) is 29.9 Å². The van der Waals surface area contributed by atoms with Gasteiger partial charge in [0.15, 0.2) is 0 Å².